The Labute approximate surface area is 167 Å². The first-order chi connectivity index (χ1) is 13.0. The Kier molecular flexibility index (Phi) is 7.39. The van der Waals surface area contributed by atoms with Gasteiger partial charge in [-0.15, -0.1) is 0 Å². The van der Waals surface area contributed by atoms with Crippen LogP contribution in [0.4, 0.5) is 0 Å². The van der Waals surface area contributed by atoms with Crippen molar-refractivity contribution in [2.45, 2.75) is 37.5 Å². The van der Waals surface area contributed by atoms with Crippen LogP contribution >= 0.6 is 0 Å². The van der Waals surface area contributed by atoms with E-state index in [1.165, 1.54) is 24.3 Å². The maximum atomic E-state index is 12.3. The van der Waals surface area contributed by atoms with Crippen LogP contribution < -0.4 is 0 Å². The second-order valence-corrected chi connectivity index (χ2v) is 10.3. The molecule has 0 N–H and O–H groups in total. The number of benzene rings is 2. The fourth-order valence-electron chi connectivity index (χ4n) is 2.27. The highest BCUT2D eigenvalue weighted by Gasteiger charge is 2.22. The van der Waals surface area contributed by atoms with Crippen molar-refractivity contribution in [2.75, 3.05) is 13.2 Å². The fourth-order valence-corrected chi connectivity index (χ4v) is 4.27. The minimum Gasteiger partial charge on any atom is -0.266 e. The number of hydrogen-bond donors (Lipinski definition) is 0. The predicted octanol–water partition coefficient (Wildman–Crippen LogP) is 3.69. The molecule has 0 heterocycles. The lowest BCUT2D eigenvalue weighted by molar-refractivity contribution is 0.169. The highest BCUT2D eigenvalue weighted by molar-refractivity contribution is 7.87. The molecular formula is C20H26O6S2. The summed E-state index contributed by atoms with van der Waals surface area (Å²) in [6.45, 7) is 7.18. The summed E-state index contributed by atoms with van der Waals surface area (Å²) in [6.07, 6.45) is 0. The van der Waals surface area contributed by atoms with Crippen molar-refractivity contribution >= 4 is 20.2 Å². The van der Waals surface area contributed by atoms with Crippen LogP contribution in [0.25, 0.3) is 0 Å². The third-order valence-electron chi connectivity index (χ3n) is 4.56. The zero-order valence-corrected chi connectivity index (χ0v) is 18.1. The Morgan fingerprint density at radius 3 is 1.21 bits per heavy atom. The van der Waals surface area contributed by atoms with E-state index in [-0.39, 0.29) is 34.8 Å². The quantitative estimate of drug-likeness (QED) is 0.569. The second-order valence-electron chi connectivity index (χ2n) is 7.06. The summed E-state index contributed by atoms with van der Waals surface area (Å²) in [5, 5.41) is 0. The van der Waals surface area contributed by atoms with Gasteiger partial charge in [-0.25, -0.2) is 0 Å². The van der Waals surface area contributed by atoms with Crippen LogP contribution in [0.3, 0.4) is 0 Å². The summed E-state index contributed by atoms with van der Waals surface area (Å²) >= 11 is 0. The lowest BCUT2D eigenvalue weighted by Gasteiger charge is -2.19. The van der Waals surface area contributed by atoms with Gasteiger partial charge in [0.25, 0.3) is 20.2 Å². The van der Waals surface area contributed by atoms with Crippen molar-refractivity contribution in [1.29, 1.82) is 0 Å². The molecular weight excluding hydrogens is 400 g/mol. The second kappa shape index (κ2) is 9.17. The van der Waals surface area contributed by atoms with E-state index in [0.717, 1.165) is 11.1 Å². The summed E-state index contributed by atoms with van der Waals surface area (Å²) in [5.41, 5.74) is 1.90. The van der Waals surface area contributed by atoms with Crippen molar-refractivity contribution in [3.8, 4) is 0 Å². The van der Waals surface area contributed by atoms with E-state index in [1.807, 2.05) is 13.8 Å². The Balaban J connectivity index is 1.91. The van der Waals surface area contributed by atoms with Crippen molar-refractivity contribution in [1.82, 2.24) is 0 Å². The third kappa shape index (κ3) is 6.13. The van der Waals surface area contributed by atoms with Crippen LogP contribution in [0, 0.1) is 25.7 Å². The molecule has 0 aromatic heterocycles. The van der Waals surface area contributed by atoms with Crippen LogP contribution in [0.1, 0.15) is 25.0 Å². The highest BCUT2D eigenvalue weighted by Crippen LogP contribution is 2.20. The molecule has 2 aromatic rings. The molecule has 154 valence electrons. The molecule has 0 amide bonds. The zero-order chi connectivity index (χ0) is 20.9. The molecule has 2 rings (SSSR count). The smallest absolute Gasteiger partial charge is 0.266 e. The van der Waals surface area contributed by atoms with Crippen molar-refractivity contribution in [2.24, 2.45) is 11.8 Å². The molecule has 0 aliphatic rings. The van der Waals surface area contributed by atoms with E-state index in [9.17, 15) is 16.8 Å². The van der Waals surface area contributed by atoms with Gasteiger partial charge < -0.3 is 0 Å². The van der Waals surface area contributed by atoms with Crippen molar-refractivity contribution in [3.63, 3.8) is 0 Å². The lowest BCUT2D eigenvalue weighted by Crippen LogP contribution is -2.23. The van der Waals surface area contributed by atoms with Gasteiger partial charge in [-0.1, -0.05) is 49.2 Å². The molecule has 8 heteroatoms. The third-order valence-corrected chi connectivity index (χ3v) is 7.15. The molecule has 2 unspecified atom stereocenters. The van der Waals surface area contributed by atoms with Gasteiger partial charge in [0.05, 0.1) is 23.0 Å². The van der Waals surface area contributed by atoms with E-state index in [2.05, 4.69) is 0 Å². The van der Waals surface area contributed by atoms with E-state index in [1.54, 1.807) is 38.1 Å². The Bertz CT molecular complexity index is 894. The summed E-state index contributed by atoms with van der Waals surface area (Å²) in [5.74, 6) is -0.457. The molecule has 0 bridgehead atoms. The average molecular weight is 427 g/mol. The minimum absolute atomic E-state index is 0.0642. The Morgan fingerprint density at radius 2 is 0.929 bits per heavy atom. The molecule has 0 spiro atoms. The molecule has 0 radical (unpaired) electrons. The summed E-state index contributed by atoms with van der Waals surface area (Å²) in [6, 6.07) is 12.8. The maximum absolute atomic E-state index is 12.3. The fraction of sp³-hybridized carbons (Fsp3) is 0.400. The summed E-state index contributed by atoms with van der Waals surface area (Å²) in [4.78, 5) is 0.187. The SMILES string of the molecule is Cc1ccc(S(=O)(=O)OCC(C)C(C)COS(=O)(=O)c2ccc(C)cc2)cc1. The zero-order valence-electron chi connectivity index (χ0n) is 16.5. The van der Waals surface area contributed by atoms with Gasteiger partial charge in [0, 0.05) is 0 Å². The number of hydrogen-bond acceptors (Lipinski definition) is 6. The molecule has 2 atom stereocenters. The highest BCUT2D eigenvalue weighted by atomic mass is 32.2. The van der Waals surface area contributed by atoms with Crippen LogP contribution in [-0.4, -0.2) is 30.0 Å². The molecule has 0 aliphatic carbocycles. The van der Waals surface area contributed by atoms with Crippen molar-refractivity contribution in [3.05, 3.63) is 59.7 Å². The first kappa shape index (κ1) is 22.5. The standard InChI is InChI=1S/C20H26O6S2/c1-15-5-9-19(10-6-15)27(21,22)25-13-17(3)18(4)14-26-28(23,24)20-11-7-16(2)8-12-20/h5-12,17-18H,13-14H2,1-4H3. The Morgan fingerprint density at radius 1 is 0.643 bits per heavy atom. The van der Waals surface area contributed by atoms with Crippen LogP contribution in [0.2, 0.25) is 0 Å². The van der Waals surface area contributed by atoms with Crippen LogP contribution in [0.15, 0.2) is 58.3 Å². The van der Waals surface area contributed by atoms with Gasteiger partial charge in [-0.05, 0) is 49.9 Å². The van der Waals surface area contributed by atoms with E-state index in [0.29, 0.717) is 0 Å². The van der Waals surface area contributed by atoms with Gasteiger partial charge in [-0.2, -0.15) is 16.8 Å². The first-order valence-corrected chi connectivity index (χ1v) is 11.7. The van der Waals surface area contributed by atoms with Gasteiger partial charge in [0.2, 0.25) is 0 Å². The molecule has 28 heavy (non-hydrogen) atoms. The van der Waals surface area contributed by atoms with Gasteiger partial charge in [0.15, 0.2) is 0 Å². The molecule has 0 fully saturated rings. The molecule has 0 saturated heterocycles. The van der Waals surface area contributed by atoms with Crippen LogP contribution in [-0.2, 0) is 28.6 Å². The van der Waals surface area contributed by atoms with E-state index in [4.69, 9.17) is 8.37 Å². The summed E-state index contributed by atoms with van der Waals surface area (Å²) in [7, 11) is -7.71. The van der Waals surface area contributed by atoms with Gasteiger partial charge in [-0.3, -0.25) is 8.37 Å². The average Bonchev–Trinajstić information content (AvgIpc) is 2.65. The molecule has 0 aliphatic heterocycles. The first-order valence-electron chi connectivity index (χ1n) is 8.93. The minimum atomic E-state index is -3.86. The maximum Gasteiger partial charge on any atom is 0.296 e. The number of rotatable bonds is 9. The normalized spacial score (nSPS) is 14.6. The van der Waals surface area contributed by atoms with Gasteiger partial charge >= 0.3 is 0 Å². The summed E-state index contributed by atoms with van der Waals surface area (Å²) < 4.78 is 59.3. The topological polar surface area (TPSA) is 86.7 Å². The van der Waals surface area contributed by atoms with Gasteiger partial charge in [0.1, 0.15) is 0 Å². The molecule has 2 aromatic carbocycles. The molecule has 6 nitrogen and oxygen atoms in total. The van der Waals surface area contributed by atoms with E-state index >= 15 is 0 Å². The largest absolute Gasteiger partial charge is 0.296 e. The lowest BCUT2D eigenvalue weighted by atomic mass is 9.98. The number of aryl methyl sites for hydroxylation is 2. The van der Waals surface area contributed by atoms with E-state index < -0.39 is 20.2 Å². The Hall–Kier alpha value is -1.74. The molecule has 0 saturated carbocycles. The monoisotopic (exact) mass is 426 g/mol. The van der Waals surface area contributed by atoms with Crippen LogP contribution in [0.5, 0.6) is 0 Å². The predicted molar refractivity (Wildman–Crippen MR) is 107 cm³/mol. The van der Waals surface area contributed by atoms with Crippen molar-refractivity contribution < 1.29 is 25.2 Å².